The SMILES string of the molecule is O=C(NCc1ccc(OCc2ccccc2F)cc1)c1cccn2ncnc12. The van der Waals surface area contributed by atoms with Crippen LogP contribution in [0.5, 0.6) is 5.75 Å². The number of nitrogens with zero attached hydrogens (tertiary/aromatic N) is 3. The molecule has 28 heavy (non-hydrogen) atoms. The fourth-order valence-electron chi connectivity index (χ4n) is 2.78. The van der Waals surface area contributed by atoms with Gasteiger partial charge < -0.3 is 10.1 Å². The molecule has 4 rings (SSSR count). The lowest BCUT2D eigenvalue weighted by Gasteiger charge is -2.09. The predicted molar refractivity (Wildman–Crippen MR) is 101 cm³/mol. The van der Waals surface area contributed by atoms with Gasteiger partial charge in [-0.25, -0.2) is 13.9 Å². The third-order valence-corrected chi connectivity index (χ3v) is 4.28. The van der Waals surface area contributed by atoms with Crippen molar-refractivity contribution >= 4 is 11.6 Å². The Balaban J connectivity index is 1.35. The van der Waals surface area contributed by atoms with Crippen LogP contribution in [0.3, 0.4) is 0 Å². The Morgan fingerprint density at radius 2 is 1.89 bits per heavy atom. The molecule has 0 aliphatic heterocycles. The van der Waals surface area contributed by atoms with Crippen molar-refractivity contribution in [1.29, 1.82) is 0 Å². The topological polar surface area (TPSA) is 68.5 Å². The molecule has 2 heterocycles. The van der Waals surface area contributed by atoms with Crippen LogP contribution in [0.1, 0.15) is 21.5 Å². The second-order valence-corrected chi connectivity index (χ2v) is 6.16. The van der Waals surface area contributed by atoms with E-state index in [-0.39, 0.29) is 18.3 Å². The van der Waals surface area contributed by atoms with Crippen LogP contribution in [0, 0.1) is 5.82 Å². The summed E-state index contributed by atoms with van der Waals surface area (Å²) in [6.45, 7) is 0.521. The highest BCUT2D eigenvalue weighted by Crippen LogP contribution is 2.16. The second kappa shape index (κ2) is 7.87. The van der Waals surface area contributed by atoms with Gasteiger partial charge in [-0.1, -0.05) is 30.3 Å². The molecular formula is C21H17FN4O2. The van der Waals surface area contributed by atoms with E-state index in [9.17, 15) is 9.18 Å². The lowest BCUT2D eigenvalue weighted by atomic mass is 10.2. The first-order chi connectivity index (χ1) is 13.7. The van der Waals surface area contributed by atoms with Crippen molar-refractivity contribution < 1.29 is 13.9 Å². The Hall–Kier alpha value is -3.74. The Morgan fingerprint density at radius 1 is 1.07 bits per heavy atom. The average molecular weight is 376 g/mol. The first kappa shape index (κ1) is 17.7. The molecular weight excluding hydrogens is 359 g/mol. The molecule has 0 bridgehead atoms. The van der Waals surface area contributed by atoms with Crippen molar-refractivity contribution in [3.05, 3.63) is 95.7 Å². The summed E-state index contributed by atoms with van der Waals surface area (Å²) in [4.78, 5) is 16.5. The van der Waals surface area contributed by atoms with Crippen LogP contribution in [0.25, 0.3) is 5.65 Å². The lowest BCUT2D eigenvalue weighted by Crippen LogP contribution is -2.23. The maximum atomic E-state index is 13.6. The maximum Gasteiger partial charge on any atom is 0.255 e. The van der Waals surface area contributed by atoms with E-state index in [2.05, 4.69) is 15.4 Å². The molecule has 0 saturated carbocycles. The Bertz CT molecular complexity index is 1110. The van der Waals surface area contributed by atoms with Gasteiger partial charge in [0.15, 0.2) is 5.65 Å². The van der Waals surface area contributed by atoms with Gasteiger partial charge in [0.2, 0.25) is 0 Å². The number of nitrogens with one attached hydrogen (secondary N) is 1. The first-order valence-electron chi connectivity index (χ1n) is 8.72. The first-order valence-corrected chi connectivity index (χ1v) is 8.72. The van der Waals surface area contributed by atoms with Crippen molar-refractivity contribution in [2.75, 3.05) is 0 Å². The number of amides is 1. The number of benzene rings is 2. The Kier molecular flexibility index (Phi) is 4.97. The summed E-state index contributed by atoms with van der Waals surface area (Å²) in [5.41, 5.74) is 2.39. The summed E-state index contributed by atoms with van der Waals surface area (Å²) in [7, 11) is 0. The monoisotopic (exact) mass is 376 g/mol. The molecule has 0 aliphatic rings. The molecule has 1 N–H and O–H groups in total. The van der Waals surface area contributed by atoms with Gasteiger partial charge in [0, 0.05) is 18.3 Å². The van der Waals surface area contributed by atoms with E-state index in [0.29, 0.717) is 29.1 Å². The predicted octanol–water partition coefficient (Wildman–Crippen LogP) is 3.38. The summed E-state index contributed by atoms with van der Waals surface area (Å²) in [6, 6.07) is 17.3. The van der Waals surface area contributed by atoms with Gasteiger partial charge in [0.05, 0.1) is 5.56 Å². The summed E-state index contributed by atoms with van der Waals surface area (Å²) in [6.07, 6.45) is 3.14. The van der Waals surface area contributed by atoms with Crippen LogP contribution in [-0.2, 0) is 13.2 Å². The molecule has 0 aliphatic carbocycles. The van der Waals surface area contributed by atoms with E-state index in [0.717, 1.165) is 5.56 Å². The van der Waals surface area contributed by atoms with E-state index >= 15 is 0 Å². The zero-order chi connectivity index (χ0) is 19.3. The standard InChI is InChI=1S/C21H17FN4O2/c22-19-6-2-1-4-16(19)13-28-17-9-7-15(8-10-17)12-23-21(27)18-5-3-11-26-20(18)24-14-25-26/h1-11,14H,12-13H2,(H,23,27). The van der Waals surface area contributed by atoms with E-state index in [1.807, 2.05) is 12.1 Å². The van der Waals surface area contributed by atoms with Gasteiger partial charge in [0.1, 0.15) is 24.5 Å². The number of fused-ring (bicyclic) bond motifs is 1. The van der Waals surface area contributed by atoms with Crippen molar-refractivity contribution in [2.45, 2.75) is 13.2 Å². The highest BCUT2D eigenvalue weighted by Gasteiger charge is 2.11. The van der Waals surface area contributed by atoms with E-state index < -0.39 is 0 Å². The summed E-state index contributed by atoms with van der Waals surface area (Å²) in [5.74, 6) is 0.120. The van der Waals surface area contributed by atoms with Gasteiger partial charge in [-0.15, -0.1) is 0 Å². The quantitative estimate of drug-likeness (QED) is 0.560. The lowest BCUT2D eigenvalue weighted by molar-refractivity contribution is 0.0952. The molecule has 6 nitrogen and oxygen atoms in total. The maximum absolute atomic E-state index is 13.6. The van der Waals surface area contributed by atoms with Gasteiger partial charge in [-0.3, -0.25) is 4.79 Å². The van der Waals surface area contributed by atoms with E-state index in [1.54, 1.807) is 53.2 Å². The summed E-state index contributed by atoms with van der Waals surface area (Å²) in [5, 5.41) is 6.89. The molecule has 0 unspecified atom stereocenters. The van der Waals surface area contributed by atoms with Crippen molar-refractivity contribution in [2.24, 2.45) is 0 Å². The van der Waals surface area contributed by atoms with Gasteiger partial charge in [-0.2, -0.15) is 5.10 Å². The third-order valence-electron chi connectivity index (χ3n) is 4.28. The van der Waals surface area contributed by atoms with Gasteiger partial charge >= 0.3 is 0 Å². The minimum Gasteiger partial charge on any atom is -0.489 e. The fourth-order valence-corrected chi connectivity index (χ4v) is 2.78. The van der Waals surface area contributed by atoms with Crippen LogP contribution < -0.4 is 10.1 Å². The summed E-state index contributed by atoms with van der Waals surface area (Å²) >= 11 is 0. The van der Waals surface area contributed by atoms with E-state index in [4.69, 9.17) is 4.74 Å². The Morgan fingerprint density at radius 3 is 2.71 bits per heavy atom. The minimum absolute atomic E-state index is 0.158. The number of hydrogen-bond donors (Lipinski definition) is 1. The van der Waals surface area contributed by atoms with Crippen LogP contribution in [0.4, 0.5) is 4.39 Å². The molecule has 0 saturated heterocycles. The number of ether oxygens (including phenoxy) is 1. The molecule has 0 fully saturated rings. The molecule has 0 atom stereocenters. The molecule has 2 aromatic carbocycles. The fraction of sp³-hybridized carbons (Fsp3) is 0.0952. The molecule has 1 amide bonds. The minimum atomic E-state index is -0.287. The van der Waals surface area contributed by atoms with Gasteiger partial charge in [0.25, 0.3) is 5.91 Å². The van der Waals surface area contributed by atoms with E-state index in [1.165, 1.54) is 12.4 Å². The second-order valence-electron chi connectivity index (χ2n) is 6.16. The third kappa shape index (κ3) is 3.83. The largest absolute Gasteiger partial charge is 0.489 e. The average Bonchev–Trinajstić information content (AvgIpc) is 3.21. The van der Waals surface area contributed by atoms with Crippen LogP contribution in [0.2, 0.25) is 0 Å². The highest BCUT2D eigenvalue weighted by molar-refractivity contribution is 5.99. The molecule has 4 aromatic rings. The molecule has 0 spiro atoms. The molecule has 140 valence electrons. The highest BCUT2D eigenvalue weighted by atomic mass is 19.1. The van der Waals surface area contributed by atoms with Crippen molar-refractivity contribution in [1.82, 2.24) is 19.9 Å². The number of hydrogen-bond acceptors (Lipinski definition) is 4. The zero-order valence-corrected chi connectivity index (χ0v) is 14.9. The molecule has 7 heteroatoms. The summed E-state index contributed by atoms with van der Waals surface area (Å²) < 4.78 is 20.8. The van der Waals surface area contributed by atoms with Crippen LogP contribution in [0.15, 0.2) is 73.2 Å². The normalized spacial score (nSPS) is 10.8. The molecule has 0 radical (unpaired) electrons. The molecule has 2 aromatic heterocycles. The Labute approximate surface area is 160 Å². The number of aromatic nitrogens is 3. The number of carbonyl (C=O) groups is 1. The van der Waals surface area contributed by atoms with Crippen LogP contribution in [-0.4, -0.2) is 20.5 Å². The number of halogens is 1. The van der Waals surface area contributed by atoms with Crippen LogP contribution >= 0.6 is 0 Å². The smallest absolute Gasteiger partial charge is 0.255 e. The number of rotatable bonds is 6. The number of pyridine rings is 1. The number of carbonyl (C=O) groups excluding carboxylic acids is 1. The van der Waals surface area contributed by atoms with Crippen molar-refractivity contribution in [3.8, 4) is 5.75 Å². The van der Waals surface area contributed by atoms with Gasteiger partial charge in [-0.05, 0) is 35.9 Å². The van der Waals surface area contributed by atoms with Crippen molar-refractivity contribution in [3.63, 3.8) is 0 Å². The zero-order valence-electron chi connectivity index (χ0n) is 14.9.